The number of nitrogens with zero attached hydrogens (tertiary/aromatic N) is 4. The molecular weight excluding hydrogens is 410 g/mol. The van der Waals surface area contributed by atoms with Crippen molar-refractivity contribution in [1.82, 2.24) is 14.7 Å². The molecule has 3 saturated heterocycles. The minimum absolute atomic E-state index is 0.00215. The van der Waals surface area contributed by atoms with E-state index in [0.717, 1.165) is 13.1 Å². The molecule has 168 valence electrons. The first kappa shape index (κ1) is 21.6. The van der Waals surface area contributed by atoms with Gasteiger partial charge < -0.3 is 9.64 Å². The lowest BCUT2D eigenvalue weighted by molar-refractivity contribution is -0.138. The third kappa shape index (κ3) is 4.69. The van der Waals surface area contributed by atoms with Crippen molar-refractivity contribution in [3.8, 4) is 5.75 Å². The molecule has 3 amide bonds. The maximum atomic E-state index is 13.0. The molecule has 4 rings (SSSR count). The molecule has 0 saturated carbocycles. The number of rotatable bonds is 7. The Bertz CT molecular complexity index is 828. The van der Waals surface area contributed by atoms with E-state index in [2.05, 4.69) is 14.5 Å². The molecular formula is C21H26F2N4O4. The van der Waals surface area contributed by atoms with Crippen LogP contribution in [0.3, 0.4) is 0 Å². The Morgan fingerprint density at radius 1 is 0.935 bits per heavy atom. The van der Waals surface area contributed by atoms with Crippen molar-refractivity contribution in [3.63, 3.8) is 0 Å². The molecule has 0 aliphatic carbocycles. The number of para-hydroxylation sites is 2. The van der Waals surface area contributed by atoms with Gasteiger partial charge in [-0.15, -0.1) is 0 Å². The summed E-state index contributed by atoms with van der Waals surface area (Å²) in [6, 6.07) is 6.07. The number of halogens is 2. The van der Waals surface area contributed by atoms with Gasteiger partial charge in [0.15, 0.2) is 0 Å². The molecule has 3 aliphatic rings. The van der Waals surface area contributed by atoms with Gasteiger partial charge in [0, 0.05) is 58.7 Å². The highest BCUT2D eigenvalue weighted by Crippen LogP contribution is 2.33. The summed E-state index contributed by atoms with van der Waals surface area (Å²) in [6.07, 6.45) is 1.23. The molecule has 0 N–H and O–H groups in total. The number of hydrogen-bond acceptors (Lipinski definition) is 6. The van der Waals surface area contributed by atoms with Gasteiger partial charge in [-0.05, 0) is 18.6 Å². The Kier molecular flexibility index (Phi) is 6.47. The number of carbonyl (C=O) groups is 3. The van der Waals surface area contributed by atoms with Gasteiger partial charge in [0.2, 0.25) is 17.7 Å². The smallest absolute Gasteiger partial charge is 0.387 e. The predicted molar refractivity (Wildman–Crippen MR) is 108 cm³/mol. The second-order valence-electron chi connectivity index (χ2n) is 7.96. The second kappa shape index (κ2) is 9.27. The van der Waals surface area contributed by atoms with E-state index >= 15 is 0 Å². The van der Waals surface area contributed by atoms with Gasteiger partial charge in [0.25, 0.3) is 0 Å². The summed E-state index contributed by atoms with van der Waals surface area (Å²) >= 11 is 0. The quantitative estimate of drug-likeness (QED) is 0.598. The zero-order valence-corrected chi connectivity index (χ0v) is 17.2. The number of alkyl halides is 2. The molecule has 1 aromatic rings. The fourth-order valence-corrected chi connectivity index (χ4v) is 4.53. The Morgan fingerprint density at radius 2 is 1.61 bits per heavy atom. The third-order valence-electron chi connectivity index (χ3n) is 6.19. The summed E-state index contributed by atoms with van der Waals surface area (Å²) in [5.74, 6) is -0.304. The van der Waals surface area contributed by atoms with E-state index in [1.165, 1.54) is 15.9 Å². The number of benzene rings is 1. The van der Waals surface area contributed by atoms with Crippen LogP contribution in [0.25, 0.3) is 0 Å². The first-order valence-electron chi connectivity index (χ1n) is 10.6. The lowest BCUT2D eigenvalue weighted by Crippen LogP contribution is -2.53. The number of imide groups is 1. The number of hydrogen-bond donors (Lipinski definition) is 0. The van der Waals surface area contributed by atoms with Crippen LogP contribution in [0.1, 0.15) is 19.3 Å². The van der Waals surface area contributed by atoms with Gasteiger partial charge in [-0.25, -0.2) is 0 Å². The number of carbonyl (C=O) groups excluding carboxylic acids is 3. The zero-order chi connectivity index (χ0) is 22.0. The molecule has 0 spiro atoms. The Morgan fingerprint density at radius 3 is 2.29 bits per heavy atom. The summed E-state index contributed by atoms with van der Waals surface area (Å²) in [7, 11) is 0. The normalized spacial score (nSPS) is 23.5. The van der Waals surface area contributed by atoms with Crippen molar-refractivity contribution in [2.45, 2.75) is 31.9 Å². The molecule has 1 atom stereocenters. The van der Waals surface area contributed by atoms with Crippen molar-refractivity contribution in [2.75, 3.05) is 50.7 Å². The second-order valence-corrected chi connectivity index (χ2v) is 7.96. The molecule has 10 heteroatoms. The van der Waals surface area contributed by atoms with Crippen LogP contribution in [0.4, 0.5) is 14.5 Å². The van der Waals surface area contributed by atoms with Crippen LogP contribution in [-0.2, 0) is 14.4 Å². The SMILES string of the molecule is O=C1CCC(=O)N1CCN1CCN(C2CCN(c3ccccc3OC(F)F)C2=O)CC1. The van der Waals surface area contributed by atoms with Crippen LogP contribution >= 0.6 is 0 Å². The van der Waals surface area contributed by atoms with E-state index < -0.39 is 6.61 Å². The fourth-order valence-electron chi connectivity index (χ4n) is 4.53. The van der Waals surface area contributed by atoms with Gasteiger partial charge in [0.1, 0.15) is 5.75 Å². The van der Waals surface area contributed by atoms with Crippen LogP contribution in [0.5, 0.6) is 5.75 Å². The zero-order valence-electron chi connectivity index (χ0n) is 17.2. The van der Waals surface area contributed by atoms with E-state index in [1.807, 2.05) is 0 Å². The monoisotopic (exact) mass is 436 g/mol. The summed E-state index contributed by atoms with van der Waals surface area (Å²) in [5, 5.41) is 0. The van der Waals surface area contributed by atoms with Crippen LogP contribution in [0.2, 0.25) is 0 Å². The Labute approximate surface area is 179 Å². The van der Waals surface area contributed by atoms with E-state index in [1.54, 1.807) is 18.2 Å². The molecule has 3 fully saturated rings. The molecule has 1 unspecified atom stereocenters. The van der Waals surface area contributed by atoms with Gasteiger partial charge in [0.05, 0.1) is 11.7 Å². The average Bonchev–Trinajstić information content (AvgIpc) is 3.29. The highest BCUT2D eigenvalue weighted by Gasteiger charge is 2.39. The van der Waals surface area contributed by atoms with Gasteiger partial charge >= 0.3 is 6.61 Å². The average molecular weight is 436 g/mol. The summed E-state index contributed by atoms with van der Waals surface area (Å²) in [4.78, 5) is 43.7. The predicted octanol–water partition coefficient (Wildman–Crippen LogP) is 1.16. The maximum Gasteiger partial charge on any atom is 0.387 e. The van der Waals surface area contributed by atoms with E-state index in [4.69, 9.17) is 0 Å². The van der Waals surface area contributed by atoms with Crippen LogP contribution < -0.4 is 9.64 Å². The Balaban J connectivity index is 1.31. The number of ether oxygens (including phenoxy) is 1. The van der Waals surface area contributed by atoms with Crippen LogP contribution in [0.15, 0.2) is 24.3 Å². The molecule has 0 bridgehead atoms. The van der Waals surface area contributed by atoms with Crippen molar-refractivity contribution in [2.24, 2.45) is 0 Å². The topological polar surface area (TPSA) is 73.4 Å². The number of piperazine rings is 1. The maximum absolute atomic E-state index is 13.0. The highest BCUT2D eigenvalue weighted by atomic mass is 19.3. The fraction of sp³-hybridized carbons (Fsp3) is 0.571. The summed E-state index contributed by atoms with van der Waals surface area (Å²) in [6.45, 7) is 1.42. The molecule has 1 aromatic carbocycles. The van der Waals surface area contributed by atoms with Crippen molar-refractivity contribution < 1.29 is 27.9 Å². The van der Waals surface area contributed by atoms with Crippen molar-refractivity contribution in [3.05, 3.63) is 24.3 Å². The Hall–Kier alpha value is -2.59. The number of anilines is 1. The first-order chi connectivity index (χ1) is 14.9. The molecule has 8 nitrogen and oxygen atoms in total. The summed E-state index contributed by atoms with van der Waals surface area (Å²) < 4.78 is 30.0. The first-order valence-corrected chi connectivity index (χ1v) is 10.6. The molecule has 3 aliphatic heterocycles. The minimum Gasteiger partial charge on any atom is -0.433 e. The third-order valence-corrected chi connectivity index (χ3v) is 6.19. The lowest BCUT2D eigenvalue weighted by atomic mass is 10.1. The van der Waals surface area contributed by atoms with E-state index in [0.29, 0.717) is 57.7 Å². The molecule has 31 heavy (non-hydrogen) atoms. The number of amides is 3. The molecule has 0 radical (unpaired) electrons. The largest absolute Gasteiger partial charge is 0.433 e. The van der Waals surface area contributed by atoms with Gasteiger partial charge in [-0.3, -0.25) is 29.1 Å². The van der Waals surface area contributed by atoms with E-state index in [-0.39, 0.29) is 29.5 Å². The van der Waals surface area contributed by atoms with E-state index in [9.17, 15) is 23.2 Å². The summed E-state index contributed by atoms with van der Waals surface area (Å²) in [5.41, 5.74) is 0.369. The van der Waals surface area contributed by atoms with Crippen molar-refractivity contribution in [1.29, 1.82) is 0 Å². The van der Waals surface area contributed by atoms with Crippen LogP contribution in [-0.4, -0.2) is 90.9 Å². The molecule has 3 heterocycles. The highest BCUT2D eigenvalue weighted by molar-refractivity contribution is 6.02. The standard InChI is InChI=1S/C21H26F2N4O4/c22-21(23)31-17-4-2-1-3-15(17)26-8-7-16(20(26)30)25-12-9-24(10-13-25)11-14-27-18(28)5-6-19(27)29/h1-4,16,21H,5-14H2. The molecule has 0 aromatic heterocycles. The van der Waals surface area contributed by atoms with Crippen LogP contribution in [0, 0.1) is 0 Å². The lowest BCUT2D eigenvalue weighted by Gasteiger charge is -2.37. The number of likely N-dealkylation sites (tertiary alicyclic amines) is 1. The van der Waals surface area contributed by atoms with Gasteiger partial charge in [-0.1, -0.05) is 12.1 Å². The van der Waals surface area contributed by atoms with Crippen molar-refractivity contribution >= 4 is 23.4 Å². The minimum atomic E-state index is -2.95. The van der Waals surface area contributed by atoms with Gasteiger partial charge in [-0.2, -0.15) is 8.78 Å².